The lowest BCUT2D eigenvalue weighted by Crippen LogP contribution is -2.33. The molecule has 4 aliphatic rings. The fourth-order valence-electron chi connectivity index (χ4n) is 14.2. The molecule has 0 fully saturated rings. The van der Waals surface area contributed by atoms with Crippen molar-refractivity contribution in [1.82, 2.24) is 0 Å². The average molecular weight is 983 g/mol. The van der Waals surface area contributed by atoms with E-state index >= 15 is 9.13 Å². The Morgan fingerprint density at radius 3 is 0.770 bits per heavy atom. The Morgan fingerprint density at radius 1 is 0.243 bits per heavy atom. The van der Waals surface area contributed by atoms with E-state index in [4.69, 9.17) is 0 Å². The van der Waals surface area contributed by atoms with Crippen LogP contribution in [-0.4, -0.2) is 0 Å². The van der Waals surface area contributed by atoms with Gasteiger partial charge in [0, 0.05) is 31.8 Å². The van der Waals surface area contributed by atoms with Crippen molar-refractivity contribution in [2.24, 2.45) is 0 Å². The van der Waals surface area contributed by atoms with Gasteiger partial charge in [0.25, 0.3) is 0 Å². The van der Waals surface area contributed by atoms with Crippen LogP contribution < -0.4 is 31.8 Å². The van der Waals surface area contributed by atoms with E-state index in [0.29, 0.717) is 0 Å². The van der Waals surface area contributed by atoms with Gasteiger partial charge in [-0.3, -0.25) is 0 Å². The van der Waals surface area contributed by atoms with Gasteiger partial charge < -0.3 is 9.13 Å². The molecule has 0 saturated carbocycles. The molecule has 2 spiro atoms. The molecule has 0 aromatic heterocycles. The molecule has 2 atom stereocenters. The first kappa shape index (κ1) is 43.5. The second-order valence-corrected chi connectivity index (χ2v) is 26.0. The minimum absolute atomic E-state index is 0.591. The van der Waals surface area contributed by atoms with Crippen LogP contribution in [0.5, 0.6) is 0 Å². The number of hydrogen-bond acceptors (Lipinski definition) is 2. The fourth-order valence-corrected chi connectivity index (χ4v) is 20.1. The molecule has 11 aromatic carbocycles. The molecule has 11 aromatic rings. The van der Waals surface area contributed by atoms with Gasteiger partial charge in [-0.2, -0.15) is 0 Å². The van der Waals surface area contributed by atoms with Crippen LogP contribution in [0.2, 0.25) is 0 Å². The smallest absolute Gasteiger partial charge is 0.171 e. The van der Waals surface area contributed by atoms with E-state index in [1.165, 1.54) is 66.8 Å². The van der Waals surface area contributed by atoms with Gasteiger partial charge in [0.15, 0.2) is 14.3 Å². The van der Waals surface area contributed by atoms with Gasteiger partial charge in [-0.1, -0.05) is 231 Å². The van der Waals surface area contributed by atoms with E-state index in [1.54, 1.807) is 0 Å². The van der Waals surface area contributed by atoms with Crippen LogP contribution in [0, 0.1) is 13.8 Å². The van der Waals surface area contributed by atoms with Gasteiger partial charge >= 0.3 is 0 Å². The summed E-state index contributed by atoms with van der Waals surface area (Å²) in [6.07, 6.45) is 0. The van der Waals surface area contributed by atoms with Gasteiger partial charge in [0.1, 0.15) is 0 Å². The Morgan fingerprint density at radius 2 is 0.486 bits per heavy atom. The minimum Gasteiger partial charge on any atom is -0.309 e. The second kappa shape index (κ2) is 15.7. The van der Waals surface area contributed by atoms with Crippen molar-refractivity contribution in [1.29, 1.82) is 0 Å². The maximum atomic E-state index is 17.2. The summed E-state index contributed by atoms with van der Waals surface area (Å²) in [6, 6.07) is 90.4. The van der Waals surface area contributed by atoms with E-state index in [-0.39, 0.29) is 0 Å². The number of benzene rings is 11. The maximum Gasteiger partial charge on any atom is 0.171 e. The zero-order chi connectivity index (χ0) is 49.6. The Labute approximate surface area is 432 Å². The number of rotatable bonds is 6. The van der Waals surface area contributed by atoms with Crippen LogP contribution in [0.1, 0.15) is 55.6 Å². The van der Waals surface area contributed by atoms with Crippen LogP contribution in [-0.2, 0) is 20.0 Å². The number of hydrogen-bond donors (Lipinski definition) is 0. The van der Waals surface area contributed by atoms with Crippen molar-refractivity contribution < 1.29 is 9.13 Å². The minimum atomic E-state index is -3.63. The lowest BCUT2D eigenvalue weighted by molar-refractivity contribution is 0.591. The quantitative estimate of drug-likeness (QED) is 0.156. The summed E-state index contributed by atoms with van der Waals surface area (Å²) in [5, 5.41) is 4.59. The molecule has 350 valence electrons. The normalized spacial score (nSPS) is 15.7. The predicted molar refractivity (Wildman–Crippen MR) is 307 cm³/mol. The molecule has 0 saturated heterocycles. The maximum absolute atomic E-state index is 17.2. The molecule has 74 heavy (non-hydrogen) atoms. The summed E-state index contributed by atoms with van der Waals surface area (Å²) in [4.78, 5) is 0. The first-order valence-electron chi connectivity index (χ1n) is 25.6. The van der Waals surface area contributed by atoms with Gasteiger partial charge in [-0.15, -0.1) is 0 Å². The van der Waals surface area contributed by atoms with Crippen molar-refractivity contribution in [3.05, 3.63) is 310 Å². The third-order valence-corrected chi connectivity index (χ3v) is 23.5. The molecule has 0 bridgehead atoms. The van der Waals surface area contributed by atoms with Crippen LogP contribution in [0.4, 0.5) is 0 Å². The Kier molecular flexibility index (Phi) is 9.22. The van der Waals surface area contributed by atoms with Crippen LogP contribution in [0.3, 0.4) is 0 Å². The highest BCUT2D eigenvalue weighted by atomic mass is 31.2. The van der Waals surface area contributed by atoms with Crippen molar-refractivity contribution in [2.45, 2.75) is 24.7 Å². The van der Waals surface area contributed by atoms with Crippen molar-refractivity contribution in [3.8, 4) is 44.5 Å². The molecule has 0 radical (unpaired) electrons. The van der Waals surface area contributed by atoms with Crippen molar-refractivity contribution >= 4 is 46.1 Å². The summed E-state index contributed by atoms with van der Waals surface area (Å²) in [6.45, 7) is 4.14. The fraction of sp³-hybridized carbons (Fsp3) is 0.0571. The van der Waals surface area contributed by atoms with Gasteiger partial charge in [-0.25, -0.2) is 0 Å². The van der Waals surface area contributed by atoms with Gasteiger partial charge in [-0.05, 0) is 138 Å². The third kappa shape index (κ3) is 5.42. The predicted octanol–water partition coefficient (Wildman–Crippen LogP) is 14.3. The molecule has 4 heteroatoms. The van der Waals surface area contributed by atoms with Crippen LogP contribution in [0.15, 0.2) is 255 Å². The molecule has 15 rings (SSSR count). The SMILES string of the molecule is Cc1cc(P(=O)(c2ccccc2)c2ccc3c(c2)C2(c4ccccc4-c4ccccc42)c2ccccc2-3)c(C)cc1P(=O)(c1ccccc1)c1ccc2c(c1)C1(c3ccccc3-c3ccccc31)c1ccccc1-2. The average Bonchev–Trinajstić information content (AvgIpc) is 4.14. The van der Waals surface area contributed by atoms with Crippen LogP contribution >= 0.6 is 14.3 Å². The summed E-state index contributed by atoms with van der Waals surface area (Å²) >= 11 is 0. The Balaban J connectivity index is 0.946. The Hall–Kier alpha value is -8.12. The molecule has 2 nitrogen and oxygen atoms in total. The summed E-state index contributed by atoms with van der Waals surface area (Å²) in [5.41, 5.74) is 19.9. The number of fused-ring (bicyclic) bond motifs is 20. The van der Waals surface area contributed by atoms with E-state index in [9.17, 15) is 0 Å². The monoisotopic (exact) mass is 982 g/mol. The van der Waals surface area contributed by atoms with Crippen molar-refractivity contribution in [3.63, 3.8) is 0 Å². The molecule has 2 unspecified atom stereocenters. The van der Waals surface area contributed by atoms with Gasteiger partial charge in [0.2, 0.25) is 0 Å². The van der Waals surface area contributed by atoms with E-state index in [1.807, 2.05) is 60.7 Å². The highest BCUT2D eigenvalue weighted by Gasteiger charge is 2.54. The molecular weight excluding hydrogens is 935 g/mol. The highest BCUT2D eigenvalue weighted by Crippen LogP contribution is 2.65. The zero-order valence-corrected chi connectivity index (χ0v) is 42.7. The van der Waals surface area contributed by atoms with Gasteiger partial charge in [0.05, 0.1) is 10.8 Å². The largest absolute Gasteiger partial charge is 0.309 e. The highest BCUT2D eigenvalue weighted by molar-refractivity contribution is 7.86. The number of aryl methyl sites for hydroxylation is 2. The summed E-state index contributed by atoms with van der Waals surface area (Å²) < 4.78 is 34.3. The molecular formula is C70H48O2P2. The molecule has 0 amide bonds. The topological polar surface area (TPSA) is 34.1 Å². The molecule has 0 N–H and O–H groups in total. The molecule has 4 aliphatic carbocycles. The first-order valence-corrected chi connectivity index (χ1v) is 29.0. The van der Waals surface area contributed by atoms with E-state index in [0.717, 1.165) is 65.2 Å². The van der Waals surface area contributed by atoms with E-state index < -0.39 is 25.1 Å². The molecule has 0 heterocycles. The second-order valence-electron chi connectivity index (χ2n) is 20.5. The summed E-state index contributed by atoms with van der Waals surface area (Å²) in [5.74, 6) is 0. The zero-order valence-electron chi connectivity index (χ0n) is 41.0. The van der Waals surface area contributed by atoms with Crippen LogP contribution in [0.25, 0.3) is 44.5 Å². The summed E-state index contributed by atoms with van der Waals surface area (Å²) in [7, 11) is -7.25. The molecule has 0 aliphatic heterocycles. The first-order chi connectivity index (χ1) is 36.3. The lowest BCUT2D eigenvalue weighted by atomic mass is 9.70. The standard InChI is InChI=1S/C70H48O2P2/c1-45-41-68(74(72,48-23-7-4-8-24-48)50-38-40-58-56-30-14-20-36-64(56)70(66(58)44-50)61-33-17-11-27-53(61)54-28-12-18-34-62(54)70)46(2)42-67(45)73(71,47-21-5-3-6-22-47)49-37-39-57-55-29-13-19-35-63(55)69(65(57)43-49)59-31-15-9-25-51(59)52-26-10-16-32-60(52)69/h3-44H,1-2H3. The van der Waals surface area contributed by atoms with E-state index in [2.05, 4.69) is 208 Å². The third-order valence-electron chi connectivity index (χ3n) is 17.1. The Bertz CT molecular complexity index is 3900. The van der Waals surface area contributed by atoms with Crippen molar-refractivity contribution in [2.75, 3.05) is 0 Å². The lowest BCUT2D eigenvalue weighted by Gasteiger charge is -2.32.